The van der Waals surface area contributed by atoms with Gasteiger partial charge in [0.25, 0.3) is 0 Å². The fraction of sp³-hybridized carbons (Fsp3) is 0.160. The first kappa shape index (κ1) is 23.5. The van der Waals surface area contributed by atoms with Crippen LogP contribution < -0.4 is 0 Å². The van der Waals surface area contributed by atoms with Crippen molar-refractivity contribution in [2.45, 2.75) is 30.3 Å². The van der Waals surface area contributed by atoms with Gasteiger partial charge in [-0.1, -0.05) is 71.2 Å². The molecule has 0 spiro atoms. The summed E-state index contributed by atoms with van der Waals surface area (Å²) in [6.45, 7) is 1.87. The average Bonchev–Trinajstić information content (AvgIpc) is 2.79. The van der Waals surface area contributed by atoms with E-state index in [9.17, 15) is 18.3 Å². The molecule has 0 saturated carbocycles. The Morgan fingerprint density at radius 1 is 0.939 bits per heavy atom. The molecule has 5 nitrogen and oxygen atoms in total. The molecule has 0 radical (unpaired) electrons. The Bertz CT molecular complexity index is 1320. The van der Waals surface area contributed by atoms with Crippen molar-refractivity contribution in [1.29, 1.82) is 0 Å². The molecule has 0 fully saturated rings. The molecule has 170 valence electrons. The normalized spacial score (nSPS) is 19.2. The van der Waals surface area contributed by atoms with Gasteiger partial charge in [-0.2, -0.15) is 4.31 Å². The third kappa shape index (κ3) is 4.70. The number of aliphatic carboxylic acids is 1. The minimum absolute atomic E-state index is 0.00807. The molecule has 3 aromatic rings. The smallest absolute Gasteiger partial charge is 0.333 e. The molecule has 1 aliphatic heterocycles. The lowest BCUT2D eigenvalue weighted by molar-refractivity contribution is -0.133. The number of aryl methyl sites for hydroxylation is 1. The molecule has 0 saturated heterocycles. The number of rotatable bonds is 5. The summed E-state index contributed by atoms with van der Waals surface area (Å²) in [6.07, 6.45) is 1.78. The van der Waals surface area contributed by atoms with Gasteiger partial charge in [-0.15, -0.1) is 0 Å². The molecule has 4 rings (SSSR count). The molecule has 0 amide bonds. The highest BCUT2D eigenvalue weighted by Gasteiger charge is 2.44. The van der Waals surface area contributed by atoms with E-state index in [-0.39, 0.29) is 16.9 Å². The van der Waals surface area contributed by atoms with Crippen LogP contribution in [0, 0.1) is 6.92 Å². The first-order valence-electron chi connectivity index (χ1n) is 10.2. The minimum atomic E-state index is -4.11. The zero-order chi connectivity index (χ0) is 23.8. The summed E-state index contributed by atoms with van der Waals surface area (Å²) < 4.78 is 29.4. The molecule has 8 heteroatoms. The SMILES string of the molecule is Cc1ccc(S(=O)(=O)N2[C@@H](c3ccc(Cl)cc3)C(C(=O)O)=CC[C@H]2c2cccc(Cl)c2)cc1. The van der Waals surface area contributed by atoms with E-state index in [0.29, 0.717) is 21.2 Å². The Morgan fingerprint density at radius 2 is 1.61 bits per heavy atom. The molecule has 1 aliphatic rings. The number of hydrogen-bond donors (Lipinski definition) is 1. The van der Waals surface area contributed by atoms with Gasteiger partial charge in [0.05, 0.1) is 22.6 Å². The number of hydrogen-bond acceptors (Lipinski definition) is 3. The van der Waals surface area contributed by atoms with E-state index in [1.165, 1.54) is 16.4 Å². The Balaban J connectivity index is 1.97. The number of sulfonamides is 1. The maximum atomic E-state index is 14.0. The third-order valence-corrected chi connectivity index (χ3v) is 8.06. The van der Waals surface area contributed by atoms with Crippen LogP contribution in [-0.4, -0.2) is 23.8 Å². The van der Waals surface area contributed by atoms with Crippen LogP contribution in [0.3, 0.4) is 0 Å². The third-order valence-electron chi connectivity index (χ3n) is 5.68. The molecule has 0 bridgehead atoms. The first-order chi connectivity index (χ1) is 15.7. The molecule has 2 atom stereocenters. The van der Waals surface area contributed by atoms with Crippen molar-refractivity contribution in [2.75, 3.05) is 0 Å². The number of benzene rings is 3. The number of carbonyl (C=O) groups is 1. The second-order valence-electron chi connectivity index (χ2n) is 7.87. The van der Waals surface area contributed by atoms with Gasteiger partial charge < -0.3 is 5.11 Å². The highest BCUT2D eigenvalue weighted by Crippen LogP contribution is 2.46. The molecule has 0 aromatic heterocycles. The van der Waals surface area contributed by atoms with Gasteiger partial charge in [-0.3, -0.25) is 0 Å². The topological polar surface area (TPSA) is 74.7 Å². The quantitative estimate of drug-likeness (QED) is 0.452. The van der Waals surface area contributed by atoms with Gasteiger partial charge in [-0.05, 0) is 60.9 Å². The monoisotopic (exact) mass is 501 g/mol. The molecule has 1 heterocycles. The summed E-state index contributed by atoms with van der Waals surface area (Å²) >= 11 is 12.3. The number of carboxylic acid groups (broad SMARTS) is 1. The lowest BCUT2D eigenvalue weighted by Gasteiger charge is -2.40. The van der Waals surface area contributed by atoms with Crippen molar-refractivity contribution >= 4 is 39.2 Å². The Kier molecular flexibility index (Phi) is 6.64. The summed E-state index contributed by atoms with van der Waals surface area (Å²) in [7, 11) is -4.11. The van der Waals surface area contributed by atoms with Crippen LogP contribution in [0.2, 0.25) is 10.0 Å². The predicted octanol–water partition coefficient (Wildman–Crippen LogP) is 6.19. The van der Waals surface area contributed by atoms with E-state index >= 15 is 0 Å². The molecule has 3 aromatic carbocycles. The summed E-state index contributed by atoms with van der Waals surface area (Å²) in [5, 5.41) is 10.9. The van der Waals surface area contributed by atoms with Crippen LogP contribution in [0.5, 0.6) is 0 Å². The lowest BCUT2D eigenvalue weighted by Crippen LogP contribution is -2.42. The van der Waals surface area contributed by atoms with E-state index in [4.69, 9.17) is 23.2 Å². The summed E-state index contributed by atoms with van der Waals surface area (Å²) in [5.74, 6) is -1.18. The molecular weight excluding hydrogens is 481 g/mol. The van der Waals surface area contributed by atoms with Crippen molar-refractivity contribution in [3.05, 3.63) is 111 Å². The van der Waals surface area contributed by atoms with E-state index in [1.54, 1.807) is 66.7 Å². The second kappa shape index (κ2) is 9.31. The summed E-state index contributed by atoms with van der Waals surface area (Å²) in [4.78, 5) is 12.3. The molecule has 1 N–H and O–H groups in total. The largest absolute Gasteiger partial charge is 0.478 e. The van der Waals surface area contributed by atoms with Crippen LogP contribution in [0.1, 0.15) is 35.2 Å². The standard InChI is InChI=1S/C25H21Cl2NO4S/c1-16-5-11-21(12-6-16)33(31,32)28-23(18-3-2-4-20(27)15-18)14-13-22(25(29)30)24(28)17-7-9-19(26)10-8-17/h2-13,15,23-24H,14H2,1H3,(H,29,30)/t23-,24-/m0/s1. The van der Waals surface area contributed by atoms with Gasteiger partial charge in [0.2, 0.25) is 10.0 Å². The number of halogens is 2. The fourth-order valence-corrected chi connectivity index (χ4v) is 6.19. The minimum Gasteiger partial charge on any atom is -0.478 e. The van der Waals surface area contributed by atoms with Gasteiger partial charge in [-0.25, -0.2) is 13.2 Å². The second-order valence-corrected chi connectivity index (χ2v) is 10.6. The Labute approximate surface area is 202 Å². The summed E-state index contributed by atoms with van der Waals surface area (Å²) in [6, 6.07) is 18.3. The van der Waals surface area contributed by atoms with Crippen molar-refractivity contribution in [3.8, 4) is 0 Å². The Morgan fingerprint density at radius 3 is 2.21 bits per heavy atom. The highest BCUT2D eigenvalue weighted by molar-refractivity contribution is 7.89. The van der Waals surface area contributed by atoms with Crippen LogP contribution in [-0.2, 0) is 14.8 Å². The van der Waals surface area contributed by atoms with Crippen molar-refractivity contribution < 1.29 is 18.3 Å². The highest BCUT2D eigenvalue weighted by atomic mass is 35.5. The molecular formula is C25H21Cl2NO4S. The van der Waals surface area contributed by atoms with Crippen LogP contribution in [0.15, 0.2) is 89.3 Å². The summed E-state index contributed by atoms with van der Waals surface area (Å²) in [5.41, 5.74) is 2.10. The lowest BCUT2D eigenvalue weighted by atomic mass is 9.89. The van der Waals surface area contributed by atoms with E-state index in [0.717, 1.165) is 5.56 Å². The van der Waals surface area contributed by atoms with Crippen molar-refractivity contribution in [2.24, 2.45) is 0 Å². The van der Waals surface area contributed by atoms with Crippen molar-refractivity contribution in [3.63, 3.8) is 0 Å². The number of nitrogens with zero attached hydrogens (tertiary/aromatic N) is 1. The zero-order valence-corrected chi connectivity index (χ0v) is 20.0. The maximum absolute atomic E-state index is 14.0. The predicted molar refractivity (Wildman–Crippen MR) is 129 cm³/mol. The van der Waals surface area contributed by atoms with Gasteiger partial charge in [0, 0.05) is 10.0 Å². The van der Waals surface area contributed by atoms with Crippen LogP contribution >= 0.6 is 23.2 Å². The van der Waals surface area contributed by atoms with Crippen molar-refractivity contribution in [1.82, 2.24) is 4.31 Å². The fourth-order valence-electron chi connectivity index (χ4n) is 4.08. The number of carboxylic acids is 1. The Hall–Kier alpha value is -2.64. The van der Waals surface area contributed by atoms with E-state index in [2.05, 4.69) is 0 Å². The molecule has 0 aliphatic carbocycles. The maximum Gasteiger partial charge on any atom is 0.333 e. The first-order valence-corrected chi connectivity index (χ1v) is 12.4. The van der Waals surface area contributed by atoms with Crippen LogP contribution in [0.25, 0.3) is 0 Å². The molecule has 33 heavy (non-hydrogen) atoms. The molecule has 0 unspecified atom stereocenters. The van der Waals surface area contributed by atoms with E-state index in [1.807, 2.05) is 6.92 Å². The zero-order valence-electron chi connectivity index (χ0n) is 17.7. The van der Waals surface area contributed by atoms with Gasteiger partial charge in [0.15, 0.2) is 0 Å². The van der Waals surface area contributed by atoms with E-state index < -0.39 is 28.1 Å². The van der Waals surface area contributed by atoms with Crippen LogP contribution in [0.4, 0.5) is 0 Å². The average molecular weight is 502 g/mol. The van der Waals surface area contributed by atoms with Gasteiger partial charge >= 0.3 is 5.97 Å². The van der Waals surface area contributed by atoms with Gasteiger partial charge in [0.1, 0.15) is 0 Å².